The summed E-state index contributed by atoms with van der Waals surface area (Å²) in [6, 6.07) is 0. The van der Waals surface area contributed by atoms with Gasteiger partial charge in [-0.15, -0.1) is 0 Å². The molecule has 0 radical (unpaired) electrons. The Morgan fingerprint density at radius 2 is 1.78 bits per heavy atom. The van der Waals surface area contributed by atoms with Crippen molar-refractivity contribution < 1.29 is 18.3 Å². The minimum absolute atomic E-state index is 0.216. The van der Waals surface area contributed by atoms with E-state index in [0.29, 0.717) is 36.2 Å². The van der Waals surface area contributed by atoms with E-state index in [1.54, 1.807) is 12.5 Å². The molecule has 0 amide bonds. The van der Waals surface area contributed by atoms with E-state index >= 15 is 4.39 Å². The summed E-state index contributed by atoms with van der Waals surface area (Å²) in [5, 5.41) is 0.231. The van der Waals surface area contributed by atoms with E-state index in [1.165, 1.54) is 6.42 Å². The fourth-order valence-electron chi connectivity index (χ4n) is 8.48. The van der Waals surface area contributed by atoms with Crippen LogP contribution < -0.4 is 0 Å². The van der Waals surface area contributed by atoms with E-state index in [9.17, 15) is 4.79 Å². The molecule has 0 aromatic rings. The maximum atomic E-state index is 15.4. The normalized spacial score (nSPS) is 40.1. The van der Waals surface area contributed by atoms with Gasteiger partial charge in [0.15, 0.2) is 8.32 Å². The third kappa shape index (κ3) is 4.48. The van der Waals surface area contributed by atoms with Crippen LogP contribution in [0.25, 0.3) is 0 Å². The molecule has 0 unspecified atom stereocenters. The van der Waals surface area contributed by atoms with Crippen molar-refractivity contribution in [2.45, 2.75) is 124 Å². The van der Waals surface area contributed by atoms with E-state index in [0.717, 1.165) is 44.1 Å². The highest BCUT2D eigenvalue weighted by molar-refractivity contribution is 6.74. The predicted octanol–water partition coefficient (Wildman–Crippen LogP) is 8.76. The molecule has 0 heterocycles. The molecule has 0 aromatic carbocycles. The van der Waals surface area contributed by atoms with Gasteiger partial charge in [-0.25, -0.2) is 4.79 Å². The lowest BCUT2D eigenvalue weighted by Crippen LogP contribution is -2.52. The molecule has 0 saturated heterocycles. The van der Waals surface area contributed by atoms with E-state index in [4.69, 9.17) is 9.16 Å². The van der Waals surface area contributed by atoms with Crippen LogP contribution in [0.1, 0.15) is 99.8 Å². The van der Waals surface area contributed by atoms with Crippen molar-refractivity contribution in [3.63, 3.8) is 0 Å². The average Bonchev–Trinajstić information content (AvgIpc) is 3.10. The van der Waals surface area contributed by atoms with Crippen molar-refractivity contribution in [2.24, 2.45) is 34.5 Å². The van der Waals surface area contributed by atoms with E-state index in [-0.39, 0.29) is 22.5 Å². The second-order valence-electron chi connectivity index (χ2n) is 14.3. The van der Waals surface area contributed by atoms with Crippen molar-refractivity contribution in [2.75, 3.05) is 6.61 Å². The summed E-state index contributed by atoms with van der Waals surface area (Å²) in [6.45, 7) is 20.7. The van der Waals surface area contributed by atoms with E-state index < -0.39 is 20.1 Å². The Balaban J connectivity index is 1.61. The van der Waals surface area contributed by atoms with Crippen LogP contribution in [0.15, 0.2) is 23.0 Å². The van der Waals surface area contributed by atoms with Gasteiger partial charge in [0.05, 0.1) is 6.61 Å². The lowest BCUT2D eigenvalue weighted by molar-refractivity contribution is -0.140. The zero-order chi connectivity index (χ0) is 26.7. The summed E-state index contributed by atoms with van der Waals surface area (Å²) in [7, 11) is -1.79. The summed E-state index contributed by atoms with van der Waals surface area (Å²) >= 11 is 0. The Morgan fingerprint density at radius 1 is 1.11 bits per heavy atom. The topological polar surface area (TPSA) is 35.5 Å². The minimum atomic E-state index is -1.79. The molecule has 3 fully saturated rings. The molecule has 0 aliphatic heterocycles. The fraction of sp³-hybridized carbons (Fsp3) is 0.839. The molecular weight excluding hydrogens is 467 g/mol. The quantitative estimate of drug-likeness (QED) is 0.158. The third-order valence-electron chi connectivity index (χ3n) is 11.5. The van der Waals surface area contributed by atoms with Gasteiger partial charge in [-0.2, -0.15) is 4.39 Å². The van der Waals surface area contributed by atoms with Gasteiger partial charge in [-0.05, 0) is 110 Å². The van der Waals surface area contributed by atoms with Crippen LogP contribution in [-0.4, -0.2) is 27.0 Å². The first kappa shape index (κ1) is 28.1. The number of halogens is 1. The van der Waals surface area contributed by atoms with Gasteiger partial charge in [-0.3, -0.25) is 0 Å². The van der Waals surface area contributed by atoms with Crippen LogP contribution in [0.2, 0.25) is 18.1 Å². The Hall–Kier alpha value is -0.943. The Kier molecular flexibility index (Phi) is 7.54. The maximum Gasteiger partial charge on any atom is 0.367 e. The Labute approximate surface area is 220 Å². The van der Waals surface area contributed by atoms with Crippen LogP contribution in [0.5, 0.6) is 0 Å². The maximum absolute atomic E-state index is 15.4. The van der Waals surface area contributed by atoms with Gasteiger partial charge in [0.1, 0.15) is 0 Å². The summed E-state index contributed by atoms with van der Waals surface area (Å²) in [5.41, 5.74) is 2.37. The minimum Gasteiger partial charge on any atom is -0.461 e. The van der Waals surface area contributed by atoms with Crippen molar-refractivity contribution in [3.05, 3.63) is 23.0 Å². The highest BCUT2D eigenvalue weighted by Crippen LogP contribution is 2.68. The molecule has 4 aliphatic carbocycles. The summed E-state index contributed by atoms with van der Waals surface area (Å²) in [6.07, 6.45) is 11.3. The molecule has 5 heteroatoms. The number of hydrogen-bond acceptors (Lipinski definition) is 3. The SMILES string of the molecule is CCOC(=O)C(F)=C1C[C@H](CC)[C@H]2[C@@H]3CC=C4C[C@@H](O[Si](C)(C)C(C)(C)C)CC[C@]4(C)[C@H]3CC[C@]12C. The first-order valence-corrected chi connectivity index (χ1v) is 17.5. The van der Waals surface area contributed by atoms with Crippen LogP contribution in [0.4, 0.5) is 4.39 Å². The molecule has 36 heavy (non-hydrogen) atoms. The smallest absolute Gasteiger partial charge is 0.367 e. The monoisotopic (exact) mass is 518 g/mol. The van der Waals surface area contributed by atoms with Gasteiger partial charge in [0.25, 0.3) is 0 Å². The molecule has 7 atom stereocenters. The van der Waals surface area contributed by atoms with E-state index in [1.807, 2.05) is 0 Å². The number of hydrogen-bond donors (Lipinski definition) is 0. The highest BCUT2D eigenvalue weighted by Gasteiger charge is 2.61. The zero-order valence-corrected chi connectivity index (χ0v) is 25.4. The second kappa shape index (κ2) is 9.66. The van der Waals surface area contributed by atoms with Crippen molar-refractivity contribution >= 4 is 14.3 Å². The predicted molar refractivity (Wildman–Crippen MR) is 148 cm³/mol. The molecule has 4 rings (SSSR count). The first-order valence-electron chi connectivity index (χ1n) is 14.6. The molecule has 204 valence electrons. The molecule has 0 spiro atoms. The summed E-state index contributed by atoms with van der Waals surface area (Å²) < 4.78 is 27.4. The van der Waals surface area contributed by atoms with Gasteiger partial charge < -0.3 is 9.16 Å². The van der Waals surface area contributed by atoms with Crippen LogP contribution in [0.3, 0.4) is 0 Å². The van der Waals surface area contributed by atoms with Gasteiger partial charge in [-0.1, -0.05) is 59.6 Å². The summed E-state index contributed by atoms with van der Waals surface area (Å²) in [4.78, 5) is 12.4. The number of fused-ring (bicyclic) bond motifs is 5. The van der Waals surface area contributed by atoms with E-state index in [2.05, 4.69) is 60.7 Å². The number of rotatable bonds is 5. The lowest BCUT2D eigenvalue weighted by atomic mass is 9.47. The number of carbonyl (C=O) groups is 1. The number of esters is 1. The molecule has 4 aliphatic rings. The molecule has 3 nitrogen and oxygen atoms in total. The van der Waals surface area contributed by atoms with Gasteiger partial charge in [0.2, 0.25) is 5.83 Å². The van der Waals surface area contributed by atoms with Crippen molar-refractivity contribution in [1.29, 1.82) is 0 Å². The number of carbonyl (C=O) groups excluding carboxylic acids is 1. The molecule has 3 saturated carbocycles. The first-order chi connectivity index (χ1) is 16.7. The second-order valence-corrected chi connectivity index (χ2v) is 19.0. The van der Waals surface area contributed by atoms with Crippen LogP contribution in [0, 0.1) is 34.5 Å². The molecule has 0 N–H and O–H groups in total. The summed E-state index contributed by atoms with van der Waals surface area (Å²) in [5.74, 6) is 0.725. The molecule has 0 aromatic heterocycles. The Bertz CT molecular complexity index is 931. The van der Waals surface area contributed by atoms with Crippen LogP contribution >= 0.6 is 0 Å². The van der Waals surface area contributed by atoms with Gasteiger partial charge >= 0.3 is 5.97 Å². The number of allylic oxidation sites excluding steroid dienone is 2. The third-order valence-corrected chi connectivity index (χ3v) is 16.0. The molecule has 0 bridgehead atoms. The highest BCUT2D eigenvalue weighted by atomic mass is 28.4. The van der Waals surface area contributed by atoms with Gasteiger partial charge in [0, 0.05) is 6.10 Å². The fourth-order valence-corrected chi connectivity index (χ4v) is 9.86. The average molecular weight is 519 g/mol. The van der Waals surface area contributed by atoms with Crippen molar-refractivity contribution in [3.8, 4) is 0 Å². The van der Waals surface area contributed by atoms with Crippen molar-refractivity contribution in [1.82, 2.24) is 0 Å². The van der Waals surface area contributed by atoms with Crippen LogP contribution in [-0.2, 0) is 14.0 Å². The lowest BCUT2D eigenvalue weighted by Gasteiger charge is -2.58. The standard InChI is InChI=1S/C31H51FO3Si/c1-10-20-18-25(27(32)28(33)34-11-2)31(7)17-15-24-23(26(20)31)13-12-21-19-22(14-16-30(21,24)6)35-36(8,9)29(3,4)5/h12,20,22-24,26H,10-11,13-19H2,1-9H3/t20-,22-,23+,24-,26-,30-,31+/m0/s1. The zero-order valence-electron chi connectivity index (χ0n) is 24.4. The number of ether oxygens (including phenoxy) is 1. The molecular formula is C31H51FO3Si. The largest absolute Gasteiger partial charge is 0.461 e. The Morgan fingerprint density at radius 3 is 2.39 bits per heavy atom.